The van der Waals surface area contributed by atoms with Gasteiger partial charge >= 0.3 is 0 Å². The van der Waals surface area contributed by atoms with E-state index in [9.17, 15) is 5.11 Å². The van der Waals surface area contributed by atoms with Gasteiger partial charge in [-0.2, -0.15) is 0 Å². The highest BCUT2D eigenvalue weighted by molar-refractivity contribution is 5.15. The summed E-state index contributed by atoms with van der Waals surface area (Å²) in [6.07, 6.45) is 3.40. The lowest BCUT2D eigenvalue weighted by atomic mass is 9.86. The highest BCUT2D eigenvalue weighted by Gasteiger charge is 2.37. The van der Waals surface area contributed by atoms with E-state index in [-0.39, 0.29) is 12.0 Å². The number of hydrogen-bond acceptors (Lipinski definition) is 4. The number of aliphatic hydroxyl groups is 1. The summed E-state index contributed by atoms with van der Waals surface area (Å²) in [5.74, 6) is 0.644. The fourth-order valence-corrected chi connectivity index (χ4v) is 2.67. The monoisotopic (exact) mass is 250 g/mol. The Morgan fingerprint density at radius 3 is 3.11 bits per heavy atom. The van der Waals surface area contributed by atoms with Crippen LogP contribution in [0.5, 0.6) is 5.88 Å². The molecule has 1 heterocycles. The van der Waals surface area contributed by atoms with E-state index in [2.05, 4.69) is 17.2 Å². The van der Waals surface area contributed by atoms with Crippen LogP contribution in [0.25, 0.3) is 0 Å². The van der Waals surface area contributed by atoms with Gasteiger partial charge in [-0.15, -0.1) is 0 Å². The first-order valence-electron chi connectivity index (χ1n) is 6.52. The van der Waals surface area contributed by atoms with Gasteiger partial charge in [0.25, 0.3) is 0 Å². The first-order chi connectivity index (χ1) is 8.68. The molecule has 2 atom stereocenters. The van der Waals surface area contributed by atoms with Gasteiger partial charge in [0.1, 0.15) is 0 Å². The molecule has 2 rings (SSSR count). The molecular formula is C14H22N2O2. The molecule has 0 radical (unpaired) electrons. The Morgan fingerprint density at radius 2 is 2.39 bits per heavy atom. The van der Waals surface area contributed by atoms with Crippen LogP contribution in [0.1, 0.15) is 31.9 Å². The minimum Gasteiger partial charge on any atom is -0.481 e. The number of ether oxygens (including phenoxy) is 1. The van der Waals surface area contributed by atoms with Gasteiger partial charge in [0.2, 0.25) is 5.88 Å². The molecule has 2 unspecified atom stereocenters. The smallest absolute Gasteiger partial charge is 0.213 e. The molecule has 0 aliphatic heterocycles. The number of methoxy groups -OCH3 is 1. The fraction of sp³-hybridized carbons (Fsp3) is 0.643. The Bertz CT molecular complexity index is 397. The van der Waals surface area contributed by atoms with Gasteiger partial charge in [0.05, 0.1) is 12.8 Å². The fourth-order valence-electron chi connectivity index (χ4n) is 2.67. The van der Waals surface area contributed by atoms with E-state index in [0.29, 0.717) is 11.9 Å². The summed E-state index contributed by atoms with van der Waals surface area (Å²) < 4.78 is 5.11. The van der Waals surface area contributed by atoms with Crippen LogP contribution in [0.15, 0.2) is 18.2 Å². The highest BCUT2D eigenvalue weighted by atomic mass is 16.5. The number of aliphatic hydroxyl groups excluding tert-OH is 1. The molecule has 4 nitrogen and oxygen atoms in total. The Hall–Kier alpha value is -1.13. The van der Waals surface area contributed by atoms with Crippen molar-refractivity contribution >= 4 is 0 Å². The van der Waals surface area contributed by atoms with E-state index in [1.54, 1.807) is 7.11 Å². The number of rotatable bonds is 5. The average Bonchev–Trinajstić information content (AvgIpc) is 2.79. The first kappa shape index (κ1) is 13.3. The molecule has 0 amide bonds. The molecule has 1 aromatic rings. The van der Waals surface area contributed by atoms with Gasteiger partial charge in [-0.3, -0.25) is 0 Å². The van der Waals surface area contributed by atoms with Gasteiger partial charge in [-0.05, 0) is 18.9 Å². The van der Waals surface area contributed by atoms with Crippen molar-refractivity contribution in [3.05, 3.63) is 23.9 Å². The number of nitrogens with zero attached hydrogens (tertiary/aromatic N) is 1. The molecule has 1 aliphatic carbocycles. The zero-order valence-electron chi connectivity index (χ0n) is 11.1. The Balaban J connectivity index is 1.94. The van der Waals surface area contributed by atoms with E-state index in [4.69, 9.17) is 4.74 Å². The third-order valence-electron chi connectivity index (χ3n) is 3.96. The lowest BCUT2D eigenvalue weighted by molar-refractivity contribution is 0.118. The van der Waals surface area contributed by atoms with Crippen molar-refractivity contribution in [1.29, 1.82) is 0 Å². The van der Waals surface area contributed by atoms with E-state index in [0.717, 1.165) is 25.1 Å². The van der Waals surface area contributed by atoms with Crippen LogP contribution in [0.2, 0.25) is 0 Å². The molecule has 18 heavy (non-hydrogen) atoms. The molecule has 2 N–H and O–H groups in total. The largest absolute Gasteiger partial charge is 0.481 e. The van der Waals surface area contributed by atoms with E-state index >= 15 is 0 Å². The van der Waals surface area contributed by atoms with Gasteiger partial charge in [0.15, 0.2) is 0 Å². The Kier molecular flexibility index (Phi) is 4.19. The first-order valence-corrected chi connectivity index (χ1v) is 6.52. The van der Waals surface area contributed by atoms with Gasteiger partial charge in [0, 0.05) is 30.7 Å². The van der Waals surface area contributed by atoms with E-state index < -0.39 is 0 Å². The zero-order chi connectivity index (χ0) is 13.0. The second kappa shape index (κ2) is 5.67. The van der Waals surface area contributed by atoms with Crippen molar-refractivity contribution in [1.82, 2.24) is 10.3 Å². The van der Waals surface area contributed by atoms with E-state index in [1.165, 1.54) is 6.42 Å². The Labute approximate surface area is 108 Å². The van der Waals surface area contributed by atoms with Gasteiger partial charge in [-0.25, -0.2) is 4.98 Å². The van der Waals surface area contributed by atoms with Crippen LogP contribution in [0.3, 0.4) is 0 Å². The molecule has 4 heteroatoms. The quantitative estimate of drug-likeness (QED) is 0.835. The van der Waals surface area contributed by atoms with Crippen molar-refractivity contribution in [3.63, 3.8) is 0 Å². The Morgan fingerprint density at radius 1 is 1.56 bits per heavy atom. The minimum absolute atomic E-state index is 0.0128. The molecule has 1 fully saturated rings. The summed E-state index contributed by atoms with van der Waals surface area (Å²) in [7, 11) is 1.62. The maximum absolute atomic E-state index is 9.50. The van der Waals surface area contributed by atoms with Crippen LogP contribution in [0.4, 0.5) is 0 Å². The van der Waals surface area contributed by atoms with Crippen LogP contribution in [-0.4, -0.2) is 29.8 Å². The van der Waals surface area contributed by atoms with Crippen LogP contribution in [0, 0.1) is 5.41 Å². The summed E-state index contributed by atoms with van der Waals surface area (Å²) in [6.45, 7) is 3.12. The summed E-state index contributed by atoms with van der Waals surface area (Å²) in [5.41, 5.74) is 0.986. The normalized spacial score (nSPS) is 27.4. The summed E-state index contributed by atoms with van der Waals surface area (Å²) >= 11 is 0. The number of pyridine rings is 1. The molecule has 0 saturated heterocycles. The molecule has 1 aromatic heterocycles. The van der Waals surface area contributed by atoms with Crippen molar-refractivity contribution in [2.24, 2.45) is 5.41 Å². The van der Waals surface area contributed by atoms with Gasteiger partial charge < -0.3 is 15.2 Å². The standard InChI is InChI=1S/C14H22N2O2/c1-14(10-17)8-4-6-12(14)15-9-11-5-3-7-13(16-11)18-2/h3,5,7,12,15,17H,4,6,8-10H2,1-2H3. The van der Waals surface area contributed by atoms with Crippen molar-refractivity contribution in [2.75, 3.05) is 13.7 Å². The second-order valence-electron chi connectivity index (χ2n) is 5.31. The number of hydrogen-bond donors (Lipinski definition) is 2. The second-order valence-corrected chi connectivity index (χ2v) is 5.31. The van der Waals surface area contributed by atoms with Gasteiger partial charge in [-0.1, -0.05) is 19.4 Å². The molecular weight excluding hydrogens is 228 g/mol. The predicted molar refractivity (Wildman–Crippen MR) is 70.5 cm³/mol. The third kappa shape index (κ3) is 2.82. The van der Waals surface area contributed by atoms with Crippen molar-refractivity contribution in [3.8, 4) is 5.88 Å². The topological polar surface area (TPSA) is 54.4 Å². The van der Waals surface area contributed by atoms with Crippen LogP contribution >= 0.6 is 0 Å². The third-order valence-corrected chi connectivity index (χ3v) is 3.96. The molecule has 0 aromatic carbocycles. The van der Waals surface area contributed by atoms with Crippen molar-refractivity contribution in [2.45, 2.75) is 38.8 Å². The number of aromatic nitrogens is 1. The molecule has 1 aliphatic rings. The average molecular weight is 250 g/mol. The molecule has 100 valence electrons. The maximum Gasteiger partial charge on any atom is 0.213 e. The molecule has 1 saturated carbocycles. The number of nitrogens with one attached hydrogen (secondary N) is 1. The summed E-state index contributed by atoms with van der Waals surface area (Å²) in [4.78, 5) is 4.38. The predicted octanol–water partition coefficient (Wildman–Crippen LogP) is 1.73. The minimum atomic E-state index is 0.0128. The van der Waals surface area contributed by atoms with Crippen molar-refractivity contribution < 1.29 is 9.84 Å². The maximum atomic E-state index is 9.50. The summed E-state index contributed by atoms with van der Waals surface area (Å²) in [5, 5.41) is 13.0. The molecule has 0 spiro atoms. The van der Waals surface area contributed by atoms with Crippen LogP contribution < -0.4 is 10.1 Å². The lowest BCUT2D eigenvalue weighted by Gasteiger charge is -2.30. The van der Waals surface area contributed by atoms with E-state index in [1.807, 2.05) is 18.2 Å². The SMILES string of the molecule is COc1cccc(CNC2CCCC2(C)CO)n1. The zero-order valence-corrected chi connectivity index (χ0v) is 11.1. The molecule has 0 bridgehead atoms. The highest BCUT2D eigenvalue weighted by Crippen LogP contribution is 2.37. The lowest BCUT2D eigenvalue weighted by Crippen LogP contribution is -2.41. The summed E-state index contributed by atoms with van der Waals surface area (Å²) in [6, 6.07) is 6.15. The van der Waals surface area contributed by atoms with Crippen LogP contribution in [-0.2, 0) is 6.54 Å².